The number of nitrogens with zero attached hydrogens (tertiary/aromatic N) is 1. The second-order valence-corrected chi connectivity index (χ2v) is 4.06. The summed E-state index contributed by atoms with van der Waals surface area (Å²) in [6.45, 7) is 2.58. The van der Waals surface area contributed by atoms with Gasteiger partial charge in [0.1, 0.15) is 11.4 Å². The van der Waals surface area contributed by atoms with E-state index in [1.807, 2.05) is 19.1 Å². The first kappa shape index (κ1) is 10.1. The van der Waals surface area contributed by atoms with E-state index in [1.54, 1.807) is 0 Å². The van der Waals surface area contributed by atoms with Crippen molar-refractivity contribution in [1.29, 1.82) is 0 Å². The van der Waals surface area contributed by atoms with Gasteiger partial charge in [-0.25, -0.2) is 4.98 Å². The highest BCUT2D eigenvalue weighted by Crippen LogP contribution is 2.27. The fourth-order valence-corrected chi connectivity index (χ4v) is 1.64. The summed E-state index contributed by atoms with van der Waals surface area (Å²) >= 11 is 0. The normalized spacial score (nSPS) is 15.8. The molecule has 15 heavy (non-hydrogen) atoms. The highest BCUT2D eigenvalue weighted by atomic mass is 16.5. The van der Waals surface area contributed by atoms with E-state index in [2.05, 4.69) is 4.98 Å². The summed E-state index contributed by atoms with van der Waals surface area (Å²) in [7, 11) is 0. The van der Waals surface area contributed by atoms with Crippen LogP contribution in [0.4, 0.5) is 0 Å². The molecule has 1 saturated carbocycles. The largest absolute Gasteiger partial charge is 0.491 e. The van der Waals surface area contributed by atoms with Crippen molar-refractivity contribution in [2.75, 3.05) is 6.61 Å². The summed E-state index contributed by atoms with van der Waals surface area (Å²) in [5.74, 6) is 1.29. The number of aromatic nitrogens is 1. The van der Waals surface area contributed by atoms with Crippen LogP contribution in [0.1, 0.15) is 35.4 Å². The topological polar surface area (TPSA) is 39.2 Å². The third-order valence-electron chi connectivity index (χ3n) is 2.84. The van der Waals surface area contributed by atoms with Gasteiger partial charge in [0, 0.05) is 5.69 Å². The van der Waals surface area contributed by atoms with E-state index >= 15 is 0 Å². The first-order chi connectivity index (χ1) is 7.29. The van der Waals surface area contributed by atoms with Crippen molar-refractivity contribution in [3.63, 3.8) is 0 Å². The summed E-state index contributed by atoms with van der Waals surface area (Å²) in [5, 5.41) is 0. The Hall–Kier alpha value is -1.38. The minimum absolute atomic E-state index is 0.411. The number of aryl methyl sites for hydroxylation is 1. The molecule has 1 aliphatic rings. The van der Waals surface area contributed by atoms with Crippen molar-refractivity contribution < 1.29 is 9.53 Å². The van der Waals surface area contributed by atoms with Gasteiger partial charge in [-0.3, -0.25) is 4.79 Å². The predicted octanol–water partition coefficient (Wildman–Crippen LogP) is 2.38. The van der Waals surface area contributed by atoms with Crippen LogP contribution in [0.25, 0.3) is 0 Å². The van der Waals surface area contributed by atoms with Crippen molar-refractivity contribution in [3.05, 3.63) is 23.5 Å². The molecule has 0 saturated heterocycles. The smallest absolute Gasteiger partial charge is 0.172 e. The first-order valence-electron chi connectivity index (χ1n) is 5.35. The Labute approximate surface area is 89.5 Å². The van der Waals surface area contributed by atoms with Crippen LogP contribution in [0.2, 0.25) is 0 Å². The number of hydrogen-bond acceptors (Lipinski definition) is 3. The van der Waals surface area contributed by atoms with Crippen molar-refractivity contribution in [2.24, 2.45) is 5.92 Å². The lowest BCUT2D eigenvalue weighted by Crippen LogP contribution is -2.19. The summed E-state index contributed by atoms with van der Waals surface area (Å²) in [5.41, 5.74) is 1.25. The number of pyridine rings is 1. The van der Waals surface area contributed by atoms with Crippen LogP contribution >= 0.6 is 0 Å². The van der Waals surface area contributed by atoms with Gasteiger partial charge in [0.25, 0.3) is 0 Å². The fraction of sp³-hybridized carbons (Fsp3) is 0.500. The van der Waals surface area contributed by atoms with E-state index in [0.29, 0.717) is 24.0 Å². The van der Waals surface area contributed by atoms with E-state index in [4.69, 9.17) is 4.74 Å². The molecular formula is C12H15NO2. The molecule has 0 radical (unpaired) electrons. The highest BCUT2D eigenvalue weighted by molar-refractivity contribution is 5.76. The van der Waals surface area contributed by atoms with Crippen molar-refractivity contribution in [2.45, 2.75) is 26.2 Å². The van der Waals surface area contributed by atoms with Gasteiger partial charge in [-0.15, -0.1) is 0 Å². The molecule has 0 unspecified atom stereocenters. The fourth-order valence-electron chi connectivity index (χ4n) is 1.64. The lowest BCUT2D eigenvalue weighted by Gasteiger charge is -2.25. The average molecular weight is 205 g/mol. The average Bonchev–Trinajstić information content (AvgIpc) is 2.17. The van der Waals surface area contributed by atoms with E-state index in [0.717, 1.165) is 12.0 Å². The van der Waals surface area contributed by atoms with Crippen LogP contribution in [0, 0.1) is 12.8 Å². The Morgan fingerprint density at radius 1 is 1.53 bits per heavy atom. The molecule has 0 aromatic carbocycles. The van der Waals surface area contributed by atoms with Crippen LogP contribution in [0.3, 0.4) is 0 Å². The van der Waals surface area contributed by atoms with Crippen molar-refractivity contribution >= 4 is 6.29 Å². The Balaban J connectivity index is 2.02. The molecule has 1 heterocycles. The molecule has 0 N–H and O–H groups in total. The Morgan fingerprint density at radius 2 is 2.33 bits per heavy atom. The van der Waals surface area contributed by atoms with Crippen LogP contribution in [0.15, 0.2) is 12.1 Å². The zero-order valence-electron chi connectivity index (χ0n) is 8.90. The molecule has 0 bridgehead atoms. The maximum absolute atomic E-state index is 10.8. The molecule has 1 aromatic rings. The molecule has 0 aliphatic heterocycles. The predicted molar refractivity (Wildman–Crippen MR) is 57.2 cm³/mol. The van der Waals surface area contributed by atoms with Crippen LogP contribution < -0.4 is 4.74 Å². The number of aldehydes is 1. The third-order valence-corrected chi connectivity index (χ3v) is 2.84. The first-order valence-corrected chi connectivity index (χ1v) is 5.35. The van der Waals surface area contributed by atoms with Crippen molar-refractivity contribution in [3.8, 4) is 5.75 Å². The zero-order chi connectivity index (χ0) is 10.7. The third kappa shape index (κ3) is 2.35. The number of hydrogen-bond donors (Lipinski definition) is 0. The molecule has 1 fully saturated rings. The molecule has 0 amide bonds. The van der Waals surface area contributed by atoms with Gasteiger partial charge in [0.2, 0.25) is 0 Å². The molecule has 0 atom stereocenters. The SMILES string of the molecule is Cc1ccc(OCC2CCC2)c(C=O)n1. The Bertz CT molecular complexity index is 359. The number of carbonyl (C=O) groups is 1. The lowest BCUT2D eigenvalue weighted by molar-refractivity contribution is 0.111. The molecular weight excluding hydrogens is 190 g/mol. The van der Waals surface area contributed by atoms with Gasteiger partial charge >= 0.3 is 0 Å². The Morgan fingerprint density at radius 3 is 2.93 bits per heavy atom. The molecule has 2 rings (SSSR count). The van der Waals surface area contributed by atoms with Gasteiger partial charge in [-0.1, -0.05) is 6.42 Å². The summed E-state index contributed by atoms with van der Waals surface area (Å²) < 4.78 is 5.59. The molecule has 0 spiro atoms. The second kappa shape index (κ2) is 4.43. The second-order valence-electron chi connectivity index (χ2n) is 4.06. The van der Waals surface area contributed by atoms with Crippen LogP contribution in [0.5, 0.6) is 5.75 Å². The van der Waals surface area contributed by atoms with Crippen LogP contribution in [-0.2, 0) is 0 Å². The summed E-state index contributed by atoms with van der Waals surface area (Å²) in [4.78, 5) is 14.9. The summed E-state index contributed by atoms with van der Waals surface area (Å²) in [6.07, 6.45) is 4.55. The van der Waals surface area contributed by atoms with Gasteiger partial charge in [-0.2, -0.15) is 0 Å². The standard InChI is InChI=1S/C12H15NO2/c1-9-5-6-12(11(7-14)13-9)15-8-10-3-2-4-10/h5-7,10H,2-4,8H2,1H3. The van der Waals surface area contributed by atoms with Crippen molar-refractivity contribution in [1.82, 2.24) is 4.98 Å². The van der Waals surface area contributed by atoms with E-state index in [1.165, 1.54) is 19.3 Å². The summed E-state index contributed by atoms with van der Waals surface area (Å²) in [6, 6.07) is 3.69. The van der Waals surface area contributed by atoms with Crippen LogP contribution in [-0.4, -0.2) is 17.9 Å². The van der Waals surface area contributed by atoms with Gasteiger partial charge in [0.05, 0.1) is 6.61 Å². The van der Waals surface area contributed by atoms with Gasteiger partial charge in [-0.05, 0) is 37.8 Å². The maximum atomic E-state index is 10.8. The number of ether oxygens (including phenoxy) is 1. The molecule has 1 aliphatic carbocycles. The number of carbonyl (C=O) groups excluding carboxylic acids is 1. The quantitative estimate of drug-likeness (QED) is 0.708. The molecule has 1 aromatic heterocycles. The van der Waals surface area contributed by atoms with E-state index in [-0.39, 0.29) is 0 Å². The maximum Gasteiger partial charge on any atom is 0.172 e. The molecule has 80 valence electrons. The molecule has 3 nitrogen and oxygen atoms in total. The van der Waals surface area contributed by atoms with Gasteiger partial charge in [0.15, 0.2) is 6.29 Å². The van der Waals surface area contributed by atoms with E-state index < -0.39 is 0 Å². The minimum atomic E-state index is 0.411. The zero-order valence-corrected chi connectivity index (χ0v) is 8.90. The number of rotatable bonds is 4. The minimum Gasteiger partial charge on any atom is -0.491 e. The van der Waals surface area contributed by atoms with E-state index in [9.17, 15) is 4.79 Å². The lowest BCUT2D eigenvalue weighted by atomic mass is 9.86. The monoisotopic (exact) mass is 205 g/mol. The highest BCUT2D eigenvalue weighted by Gasteiger charge is 2.18. The van der Waals surface area contributed by atoms with Gasteiger partial charge < -0.3 is 4.74 Å². The molecule has 3 heteroatoms. The Kier molecular flexibility index (Phi) is 2.99.